The van der Waals surface area contributed by atoms with Gasteiger partial charge in [-0.05, 0) is 30.5 Å². The van der Waals surface area contributed by atoms with E-state index in [1.807, 2.05) is 6.07 Å². The summed E-state index contributed by atoms with van der Waals surface area (Å²) in [6.07, 6.45) is 19.7. The summed E-state index contributed by atoms with van der Waals surface area (Å²) in [6, 6.07) is 6.34. The van der Waals surface area contributed by atoms with Gasteiger partial charge < -0.3 is 18.9 Å². The van der Waals surface area contributed by atoms with E-state index in [9.17, 15) is 0 Å². The van der Waals surface area contributed by atoms with E-state index in [0.717, 1.165) is 31.1 Å². The van der Waals surface area contributed by atoms with Crippen LogP contribution in [-0.4, -0.2) is 38.6 Å². The molecule has 4 nitrogen and oxygen atoms in total. The molecule has 2 atom stereocenters. The largest absolute Gasteiger partial charge is 0.491 e. The summed E-state index contributed by atoms with van der Waals surface area (Å²) in [5.41, 5.74) is 1.31. The van der Waals surface area contributed by atoms with Crippen LogP contribution in [0.2, 0.25) is 0 Å². The molecule has 2 aliphatic rings. The molecular formula is C27H44O4. The summed E-state index contributed by atoms with van der Waals surface area (Å²) in [7, 11) is 0. The van der Waals surface area contributed by atoms with Crippen LogP contribution in [0.1, 0.15) is 96.0 Å². The van der Waals surface area contributed by atoms with E-state index in [1.54, 1.807) is 0 Å². The monoisotopic (exact) mass is 432 g/mol. The van der Waals surface area contributed by atoms with E-state index < -0.39 is 0 Å². The van der Waals surface area contributed by atoms with Crippen LogP contribution < -0.4 is 9.47 Å². The van der Waals surface area contributed by atoms with Gasteiger partial charge in [0.1, 0.15) is 36.9 Å². The molecule has 3 rings (SSSR count). The van der Waals surface area contributed by atoms with E-state index >= 15 is 0 Å². The Kier molecular flexibility index (Phi) is 11.6. The van der Waals surface area contributed by atoms with Crippen molar-refractivity contribution in [1.82, 2.24) is 0 Å². The van der Waals surface area contributed by atoms with Crippen molar-refractivity contribution in [3.05, 3.63) is 23.8 Å². The minimum atomic E-state index is 0.272. The lowest BCUT2D eigenvalue weighted by Crippen LogP contribution is -2.07. The third-order valence-electron chi connectivity index (χ3n) is 6.19. The van der Waals surface area contributed by atoms with Crippen molar-refractivity contribution in [2.75, 3.05) is 26.4 Å². The van der Waals surface area contributed by atoms with Crippen LogP contribution in [0.4, 0.5) is 0 Å². The molecule has 0 amide bonds. The second-order valence-electron chi connectivity index (χ2n) is 9.34. The Morgan fingerprint density at radius 3 is 1.48 bits per heavy atom. The van der Waals surface area contributed by atoms with Gasteiger partial charge in [0.05, 0.1) is 13.2 Å². The Bertz CT molecular complexity index is 561. The zero-order valence-electron chi connectivity index (χ0n) is 19.7. The number of epoxide rings is 2. The van der Waals surface area contributed by atoms with Crippen molar-refractivity contribution in [2.45, 2.75) is 109 Å². The van der Waals surface area contributed by atoms with Gasteiger partial charge in [0.15, 0.2) is 0 Å². The molecular weight excluding hydrogens is 388 g/mol. The van der Waals surface area contributed by atoms with Crippen LogP contribution >= 0.6 is 0 Å². The Morgan fingerprint density at radius 2 is 1.06 bits per heavy atom. The van der Waals surface area contributed by atoms with Crippen LogP contribution in [0.25, 0.3) is 0 Å². The molecule has 0 N–H and O–H groups in total. The van der Waals surface area contributed by atoms with Crippen molar-refractivity contribution in [3.8, 4) is 11.5 Å². The molecule has 4 heteroatoms. The molecule has 0 spiro atoms. The van der Waals surface area contributed by atoms with Crippen LogP contribution in [0.3, 0.4) is 0 Å². The molecule has 31 heavy (non-hydrogen) atoms. The molecule has 2 aliphatic heterocycles. The Balaban J connectivity index is 1.24. The molecule has 1 aromatic carbocycles. The number of rotatable bonds is 20. The van der Waals surface area contributed by atoms with Crippen LogP contribution in [0.5, 0.6) is 11.5 Å². The van der Waals surface area contributed by atoms with E-state index in [2.05, 4.69) is 19.1 Å². The van der Waals surface area contributed by atoms with Crippen molar-refractivity contribution in [1.29, 1.82) is 0 Å². The van der Waals surface area contributed by atoms with E-state index in [4.69, 9.17) is 18.9 Å². The third kappa shape index (κ3) is 11.8. The number of hydrogen-bond donors (Lipinski definition) is 0. The van der Waals surface area contributed by atoms with Crippen LogP contribution in [0, 0.1) is 0 Å². The van der Waals surface area contributed by atoms with Gasteiger partial charge in [-0.1, -0.05) is 84.0 Å². The normalized spacial score (nSPS) is 19.4. The summed E-state index contributed by atoms with van der Waals surface area (Å²) in [5, 5.41) is 0. The van der Waals surface area contributed by atoms with Crippen molar-refractivity contribution < 1.29 is 18.9 Å². The fourth-order valence-electron chi connectivity index (χ4n) is 4.00. The van der Waals surface area contributed by atoms with Gasteiger partial charge >= 0.3 is 0 Å². The molecule has 2 unspecified atom stereocenters. The van der Waals surface area contributed by atoms with Crippen LogP contribution in [-0.2, 0) is 15.9 Å². The topological polar surface area (TPSA) is 43.5 Å². The molecule has 0 saturated carbocycles. The number of aryl methyl sites for hydroxylation is 1. The summed E-state index contributed by atoms with van der Waals surface area (Å²) in [5.74, 6) is 1.80. The molecule has 0 aliphatic carbocycles. The zero-order valence-corrected chi connectivity index (χ0v) is 19.7. The predicted octanol–water partition coefficient (Wildman–Crippen LogP) is 6.88. The van der Waals surface area contributed by atoms with Crippen molar-refractivity contribution in [2.24, 2.45) is 0 Å². The lowest BCUT2D eigenvalue weighted by molar-refractivity contribution is 0.252. The van der Waals surface area contributed by atoms with Crippen molar-refractivity contribution in [3.63, 3.8) is 0 Å². The van der Waals surface area contributed by atoms with E-state index in [1.165, 1.54) is 89.0 Å². The second-order valence-corrected chi connectivity index (χ2v) is 9.34. The maximum Gasteiger partial charge on any atom is 0.123 e. The quantitative estimate of drug-likeness (QED) is 0.166. The molecule has 2 saturated heterocycles. The van der Waals surface area contributed by atoms with Gasteiger partial charge in [0.2, 0.25) is 0 Å². The number of hydrogen-bond acceptors (Lipinski definition) is 4. The van der Waals surface area contributed by atoms with E-state index in [0.29, 0.717) is 13.2 Å². The first-order valence-corrected chi connectivity index (χ1v) is 13.0. The SMILES string of the molecule is CCCCCCCCCCCCCCCc1cc(OCC2CO2)cc(OCC2CO2)c1. The van der Waals surface area contributed by atoms with Crippen molar-refractivity contribution >= 4 is 0 Å². The molecule has 2 heterocycles. The molecule has 0 radical (unpaired) electrons. The molecule has 2 fully saturated rings. The zero-order chi connectivity index (χ0) is 21.6. The molecule has 176 valence electrons. The number of unbranched alkanes of at least 4 members (excludes halogenated alkanes) is 12. The molecule has 0 bridgehead atoms. The molecule has 0 aromatic heterocycles. The van der Waals surface area contributed by atoms with Crippen LogP contribution in [0.15, 0.2) is 18.2 Å². The van der Waals surface area contributed by atoms with Gasteiger partial charge in [-0.25, -0.2) is 0 Å². The maximum atomic E-state index is 5.92. The van der Waals surface area contributed by atoms with Gasteiger partial charge in [0.25, 0.3) is 0 Å². The highest BCUT2D eigenvalue weighted by Crippen LogP contribution is 2.26. The predicted molar refractivity (Wildman–Crippen MR) is 126 cm³/mol. The number of ether oxygens (including phenoxy) is 4. The summed E-state index contributed by atoms with van der Waals surface area (Å²) < 4.78 is 22.3. The summed E-state index contributed by atoms with van der Waals surface area (Å²) in [4.78, 5) is 0. The lowest BCUT2D eigenvalue weighted by Gasteiger charge is -2.12. The first kappa shape index (κ1) is 24.4. The Hall–Kier alpha value is -1.26. The first-order chi connectivity index (χ1) is 15.3. The maximum absolute atomic E-state index is 5.92. The minimum Gasteiger partial charge on any atom is -0.491 e. The highest BCUT2D eigenvalue weighted by atomic mass is 16.6. The Labute approximate surface area is 190 Å². The summed E-state index contributed by atoms with van der Waals surface area (Å²) >= 11 is 0. The third-order valence-corrected chi connectivity index (χ3v) is 6.19. The fraction of sp³-hybridized carbons (Fsp3) is 0.778. The van der Waals surface area contributed by atoms with E-state index in [-0.39, 0.29) is 12.2 Å². The highest BCUT2D eigenvalue weighted by Gasteiger charge is 2.24. The first-order valence-electron chi connectivity index (χ1n) is 13.0. The van der Waals surface area contributed by atoms with Gasteiger partial charge in [-0.15, -0.1) is 0 Å². The second kappa shape index (κ2) is 14.7. The minimum absolute atomic E-state index is 0.272. The van der Waals surface area contributed by atoms with Gasteiger partial charge in [-0.2, -0.15) is 0 Å². The lowest BCUT2D eigenvalue weighted by atomic mass is 10.0. The number of benzene rings is 1. The average molecular weight is 433 g/mol. The standard InChI is InChI=1S/C27H44O4/c1-2-3-4-5-6-7-8-9-10-11-12-13-14-15-23-16-24(28-19-26-21-30-26)18-25(17-23)29-20-27-22-31-27/h16-18,26-27H,2-15,19-22H2,1H3. The smallest absolute Gasteiger partial charge is 0.123 e. The summed E-state index contributed by atoms with van der Waals surface area (Å²) in [6.45, 7) is 5.19. The van der Waals surface area contributed by atoms with Gasteiger partial charge in [-0.3, -0.25) is 0 Å². The average Bonchev–Trinajstić information content (AvgIpc) is 3.69. The molecule has 1 aromatic rings. The Morgan fingerprint density at radius 1 is 0.645 bits per heavy atom. The highest BCUT2D eigenvalue weighted by molar-refractivity contribution is 5.38. The fourth-order valence-corrected chi connectivity index (χ4v) is 4.00. The van der Waals surface area contributed by atoms with Gasteiger partial charge in [0, 0.05) is 6.07 Å².